The van der Waals surface area contributed by atoms with E-state index in [2.05, 4.69) is 26.1 Å². The van der Waals surface area contributed by atoms with Crippen molar-refractivity contribution in [1.29, 1.82) is 0 Å². The van der Waals surface area contributed by atoms with Crippen LogP contribution < -0.4 is 5.32 Å². The van der Waals surface area contributed by atoms with Crippen molar-refractivity contribution >= 4 is 52.2 Å². The second-order valence-corrected chi connectivity index (χ2v) is 32.7. The fourth-order valence-electron chi connectivity index (χ4n) is 12.0. The number of fused-ring (bicyclic) bond motifs is 5. The number of hydrogen-bond acceptors (Lipinski definition) is 15. The minimum Gasteiger partial charge on any atom is -0.472 e. The summed E-state index contributed by atoms with van der Waals surface area (Å²) in [5.74, 6) is -5.88. The van der Waals surface area contributed by atoms with Gasteiger partial charge in [0.15, 0.2) is 40.2 Å². The molecule has 0 spiro atoms. The van der Waals surface area contributed by atoms with Crippen molar-refractivity contribution in [2.75, 3.05) is 6.61 Å². The van der Waals surface area contributed by atoms with Gasteiger partial charge in [0.2, 0.25) is 0 Å². The first-order chi connectivity index (χ1) is 35.1. The van der Waals surface area contributed by atoms with E-state index in [0.29, 0.717) is 34.8 Å². The Labute approximate surface area is 443 Å². The van der Waals surface area contributed by atoms with E-state index >= 15 is 9.59 Å². The number of ether oxygens (including phenoxy) is 5. The zero-order chi connectivity index (χ0) is 55.3. The average molecular weight is 1070 g/mol. The van der Waals surface area contributed by atoms with Gasteiger partial charge in [0.25, 0.3) is 5.91 Å². The third-order valence-electron chi connectivity index (χ3n) is 17.7. The minimum atomic E-state index is -2.95. The lowest BCUT2D eigenvalue weighted by molar-refractivity contribution is -0.344. The van der Waals surface area contributed by atoms with Crippen molar-refractivity contribution in [2.45, 2.75) is 186 Å². The lowest BCUT2D eigenvalue weighted by atomic mass is 9.44. The molecule has 2 bridgehead atoms. The molecular formula is C57H77NO15Si2. The Morgan fingerprint density at radius 2 is 1.45 bits per heavy atom. The molecule has 2 heterocycles. The molecule has 2 saturated carbocycles. The number of aliphatic hydroxyl groups is 1. The van der Waals surface area contributed by atoms with Crippen molar-refractivity contribution in [3.05, 3.63) is 107 Å². The van der Waals surface area contributed by atoms with E-state index in [4.69, 9.17) is 37.0 Å². The van der Waals surface area contributed by atoms with Gasteiger partial charge in [-0.2, -0.15) is 0 Å². The van der Waals surface area contributed by atoms with Gasteiger partial charge < -0.3 is 47.4 Å². The van der Waals surface area contributed by atoms with Crippen LogP contribution in [-0.4, -0.2) is 112 Å². The summed E-state index contributed by atoms with van der Waals surface area (Å²) < 4.78 is 52.3. The van der Waals surface area contributed by atoms with Crippen LogP contribution >= 0.6 is 0 Å². The molecule has 408 valence electrons. The quantitative estimate of drug-likeness (QED) is 0.0558. The summed E-state index contributed by atoms with van der Waals surface area (Å²) in [5, 5.41) is 16.9. The zero-order valence-electron chi connectivity index (χ0n) is 46.0. The van der Waals surface area contributed by atoms with Crippen LogP contribution in [0.1, 0.15) is 128 Å². The maximum Gasteiger partial charge on any atom is 0.338 e. The van der Waals surface area contributed by atoms with Crippen LogP contribution in [0.25, 0.3) is 0 Å². The van der Waals surface area contributed by atoms with Gasteiger partial charge in [0.05, 0.1) is 48.2 Å². The Bertz CT molecular complexity index is 2640. The zero-order valence-corrected chi connectivity index (χ0v) is 48.0. The predicted molar refractivity (Wildman–Crippen MR) is 282 cm³/mol. The van der Waals surface area contributed by atoms with Gasteiger partial charge >= 0.3 is 23.9 Å². The summed E-state index contributed by atoms with van der Waals surface area (Å²) in [6, 6.07) is 19.2. The number of rotatable bonds is 17. The number of nitrogens with one attached hydrogen (secondary N) is 1. The van der Waals surface area contributed by atoms with E-state index in [1.54, 1.807) is 94.4 Å². The molecule has 3 fully saturated rings. The van der Waals surface area contributed by atoms with Crippen molar-refractivity contribution in [3.63, 3.8) is 0 Å². The third kappa shape index (κ3) is 10.3. The smallest absolute Gasteiger partial charge is 0.338 e. The molecule has 4 aliphatic rings. The Balaban J connectivity index is 1.48. The molecule has 3 aliphatic carbocycles. The topological polar surface area (TPSA) is 212 Å². The number of Topliss-reactive ketones (excluding diaryl/α,β-unsaturated/α-hetero) is 1. The molecule has 1 aliphatic heterocycles. The van der Waals surface area contributed by atoms with Gasteiger partial charge in [-0.05, 0) is 91.6 Å². The lowest BCUT2D eigenvalue weighted by Crippen LogP contribution is -2.82. The summed E-state index contributed by atoms with van der Waals surface area (Å²) in [6.45, 7) is 25.0. The van der Waals surface area contributed by atoms with E-state index in [0.717, 1.165) is 0 Å². The van der Waals surface area contributed by atoms with Crippen LogP contribution in [0.4, 0.5) is 0 Å². The number of carbonyl (C=O) groups is 6. The summed E-state index contributed by atoms with van der Waals surface area (Å²) >= 11 is 0. The highest BCUT2D eigenvalue weighted by Crippen LogP contribution is 2.65. The summed E-state index contributed by atoms with van der Waals surface area (Å²) in [5.41, 5.74) is -6.24. The number of ketones is 1. The molecule has 1 amide bonds. The SMILES string of the molecule is CC[Si](CC)(CC)O[C@H]1C[C@H]2OC[C@@]2(OC(C)=O)[C@H]2[C@H](OC(=O)c3ccccc3)[C@]3(O)C[C@H](OC(=O)[C@H](O[Si](C)(C)C(C)(C)C)[C@@H](NC(=O)c4ccccc4)c4ccoc4)C(C)=C([C@@H](OC(C)=O)C(=O)[C@]12C)C3(C)C. The van der Waals surface area contributed by atoms with Crippen LogP contribution in [0.15, 0.2) is 94.8 Å². The van der Waals surface area contributed by atoms with Crippen LogP contribution in [0.2, 0.25) is 36.3 Å². The first-order valence-electron chi connectivity index (χ1n) is 26.2. The fraction of sp³-hybridized carbons (Fsp3) is 0.579. The summed E-state index contributed by atoms with van der Waals surface area (Å²) in [4.78, 5) is 88.3. The Morgan fingerprint density at radius 1 is 0.853 bits per heavy atom. The number of amides is 1. The maximum atomic E-state index is 16.6. The van der Waals surface area contributed by atoms with Crippen LogP contribution in [-0.2, 0) is 51.7 Å². The molecule has 3 aromatic rings. The molecule has 11 atom stereocenters. The summed E-state index contributed by atoms with van der Waals surface area (Å²) in [7, 11) is -5.60. The molecule has 2 N–H and O–H groups in total. The molecule has 75 heavy (non-hydrogen) atoms. The normalized spacial score (nSPS) is 29.2. The predicted octanol–water partition coefficient (Wildman–Crippen LogP) is 9.39. The third-order valence-corrected chi connectivity index (χ3v) is 26.8. The molecule has 0 radical (unpaired) electrons. The maximum absolute atomic E-state index is 16.6. The van der Waals surface area contributed by atoms with Crippen LogP contribution in [0.3, 0.4) is 0 Å². The Hall–Kier alpha value is -5.25. The second-order valence-electron chi connectivity index (χ2n) is 23.2. The standard InChI is InChI=1S/C57H77NO15Si2/c1-15-75(16-2,17-3)72-41-30-42-56(33-67-42,71-36(6)60)47-49(70-51(63)38-26-22-19-23-27-38)57(65)31-40(34(4)43(54(57,10)11)45(68-35(5)59)48(61)55(41,47)12)69-52(64)46(73-74(13,14)53(7,8)9)44(39-28-29-66-32-39)58-50(62)37-24-20-18-21-25-37/h18-29,32,40-42,44-47,49,65H,15-17,30-31,33H2,1-14H3,(H,58,62)/t40-,41-,42+,44-,45+,46+,47-,49-,55+,56-,57+/m0/s1. The minimum absolute atomic E-state index is 0.0846. The van der Waals surface area contributed by atoms with Crippen molar-refractivity contribution in [2.24, 2.45) is 16.7 Å². The van der Waals surface area contributed by atoms with Crippen molar-refractivity contribution < 1.29 is 70.8 Å². The first-order valence-corrected chi connectivity index (χ1v) is 31.7. The molecule has 1 saturated heterocycles. The second kappa shape index (κ2) is 21.3. The van der Waals surface area contributed by atoms with Crippen LogP contribution in [0, 0.1) is 16.7 Å². The fourth-order valence-corrected chi connectivity index (χ4v) is 16.2. The largest absolute Gasteiger partial charge is 0.472 e. The summed E-state index contributed by atoms with van der Waals surface area (Å²) in [6.07, 6.45) is -5.83. The van der Waals surface area contributed by atoms with E-state index in [1.807, 2.05) is 33.9 Å². The number of carbonyl (C=O) groups excluding carboxylic acids is 6. The number of esters is 4. The first kappa shape index (κ1) is 57.5. The molecule has 2 aromatic carbocycles. The van der Waals surface area contributed by atoms with Gasteiger partial charge in [-0.3, -0.25) is 19.2 Å². The number of furan rings is 1. The van der Waals surface area contributed by atoms with E-state index in [9.17, 15) is 24.3 Å². The average Bonchev–Trinajstić information content (AvgIpc) is 3.90. The highest BCUT2D eigenvalue weighted by Gasteiger charge is 2.79. The number of benzene rings is 2. The molecule has 7 rings (SSSR count). The molecule has 1 aromatic heterocycles. The monoisotopic (exact) mass is 1070 g/mol. The van der Waals surface area contributed by atoms with Gasteiger partial charge in [0.1, 0.15) is 23.9 Å². The van der Waals surface area contributed by atoms with Gasteiger partial charge in [-0.15, -0.1) is 0 Å². The molecule has 18 heteroatoms. The Kier molecular flexibility index (Phi) is 16.3. The molecule has 16 nitrogen and oxygen atoms in total. The highest BCUT2D eigenvalue weighted by molar-refractivity contribution is 6.74. The lowest BCUT2D eigenvalue weighted by Gasteiger charge is -2.68. The molecular weight excluding hydrogens is 995 g/mol. The number of hydrogen-bond donors (Lipinski definition) is 2. The molecule has 0 unspecified atom stereocenters. The van der Waals surface area contributed by atoms with E-state index in [-0.39, 0.29) is 24.2 Å². The van der Waals surface area contributed by atoms with E-state index in [1.165, 1.54) is 26.4 Å². The highest BCUT2D eigenvalue weighted by atomic mass is 28.4. The van der Waals surface area contributed by atoms with Gasteiger partial charge in [-0.1, -0.05) is 91.8 Å². The van der Waals surface area contributed by atoms with Crippen LogP contribution in [0.5, 0.6) is 0 Å². The Morgan fingerprint density at radius 3 is 1.96 bits per heavy atom. The van der Waals surface area contributed by atoms with Gasteiger partial charge in [-0.25, -0.2) is 9.59 Å². The van der Waals surface area contributed by atoms with E-state index < -0.39 is 134 Å². The van der Waals surface area contributed by atoms with Crippen molar-refractivity contribution in [1.82, 2.24) is 5.32 Å². The van der Waals surface area contributed by atoms with Crippen molar-refractivity contribution in [3.8, 4) is 0 Å². The van der Waals surface area contributed by atoms with Gasteiger partial charge in [0, 0.05) is 43.2 Å².